The highest BCUT2D eigenvalue weighted by molar-refractivity contribution is 7.13. The van der Waals surface area contributed by atoms with Crippen molar-refractivity contribution in [1.29, 1.82) is 0 Å². The number of nitrogens with zero attached hydrogens (tertiary/aromatic N) is 5. The van der Waals surface area contributed by atoms with Crippen molar-refractivity contribution in [3.8, 4) is 10.6 Å². The number of aryl methyl sites for hydroxylation is 1. The Kier molecular flexibility index (Phi) is 3.98. The van der Waals surface area contributed by atoms with Gasteiger partial charge in [0.15, 0.2) is 0 Å². The molecule has 0 aliphatic rings. The Labute approximate surface area is 125 Å². The van der Waals surface area contributed by atoms with Crippen LogP contribution in [0, 0.1) is 0 Å². The van der Waals surface area contributed by atoms with Crippen molar-refractivity contribution in [1.82, 2.24) is 24.8 Å². The molecule has 110 valence electrons. The zero-order valence-corrected chi connectivity index (χ0v) is 12.4. The molecule has 0 amide bonds. The average molecular weight is 304 g/mol. The molecule has 2 N–H and O–H groups in total. The van der Waals surface area contributed by atoms with Gasteiger partial charge in [-0.25, -0.2) is 4.68 Å². The highest BCUT2D eigenvalue weighted by Crippen LogP contribution is 2.26. The van der Waals surface area contributed by atoms with Gasteiger partial charge in [-0.1, -0.05) is 11.3 Å². The van der Waals surface area contributed by atoms with E-state index in [4.69, 9.17) is 0 Å². The minimum Gasteiger partial charge on any atom is -0.394 e. The smallest absolute Gasteiger partial charge is 0.125 e. The number of nitrogens with one attached hydrogen (secondary N) is 1. The molecular weight excluding hydrogens is 288 g/mol. The van der Waals surface area contributed by atoms with Crippen LogP contribution in [0.15, 0.2) is 29.8 Å². The number of hydrogen-bond donors (Lipinski definition) is 2. The number of aliphatic hydroxyl groups is 1. The Hall–Kier alpha value is -2.19. The van der Waals surface area contributed by atoms with Gasteiger partial charge in [0.25, 0.3) is 0 Å². The first-order chi connectivity index (χ1) is 10.3. The lowest BCUT2D eigenvalue weighted by atomic mass is 10.3. The predicted molar refractivity (Wildman–Crippen MR) is 81.0 cm³/mol. The predicted octanol–water partition coefficient (Wildman–Crippen LogP) is 1.34. The molecule has 0 saturated heterocycles. The van der Waals surface area contributed by atoms with Crippen molar-refractivity contribution < 1.29 is 5.11 Å². The largest absolute Gasteiger partial charge is 0.394 e. The Bertz CT molecular complexity index is 702. The average Bonchev–Trinajstić information content (AvgIpc) is 3.18. The van der Waals surface area contributed by atoms with E-state index in [0.717, 1.165) is 22.1 Å². The molecule has 3 heterocycles. The highest BCUT2D eigenvalue weighted by atomic mass is 32.1. The van der Waals surface area contributed by atoms with Gasteiger partial charge in [-0.05, 0) is 11.4 Å². The van der Waals surface area contributed by atoms with Gasteiger partial charge in [-0.2, -0.15) is 5.10 Å². The fourth-order valence-electron chi connectivity index (χ4n) is 2.02. The van der Waals surface area contributed by atoms with Crippen LogP contribution in [0.25, 0.3) is 10.6 Å². The van der Waals surface area contributed by atoms with Crippen LogP contribution in [0.1, 0.15) is 5.69 Å². The second-order valence-corrected chi connectivity index (χ2v) is 5.49. The van der Waals surface area contributed by atoms with E-state index in [9.17, 15) is 5.11 Å². The summed E-state index contributed by atoms with van der Waals surface area (Å²) >= 11 is 1.64. The third kappa shape index (κ3) is 2.96. The van der Waals surface area contributed by atoms with Gasteiger partial charge in [0.1, 0.15) is 11.5 Å². The molecule has 3 aromatic heterocycles. The topological polar surface area (TPSA) is 80.8 Å². The van der Waals surface area contributed by atoms with Crippen LogP contribution >= 0.6 is 11.3 Å². The third-order valence-corrected chi connectivity index (χ3v) is 4.02. The first-order valence-corrected chi connectivity index (χ1v) is 7.46. The minimum atomic E-state index is 0.0491. The number of aromatic nitrogens is 5. The molecule has 0 aliphatic carbocycles. The Morgan fingerprint density at radius 2 is 2.33 bits per heavy atom. The van der Waals surface area contributed by atoms with Crippen LogP contribution in [-0.4, -0.2) is 36.5 Å². The molecule has 0 aliphatic heterocycles. The summed E-state index contributed by atoms with van der Waals surface area (Å²) in [7, 11) is 1.85. The molecule has 3 rings (SSSR count). The summed E-state index contributed by atoms with van der Waals surface area (Å²) in [5.74, 6) is 0.869. The maximum atomic E-state index is 9.17. The summed E-state index contributed by atoms with van der Waals surface area (Å²) in [6.45, 7) is 1.11. The van der Waals surface area contributed by atoms with Crippen LogP contribution < -0.4 is 5.32 Å². The van der Waals surface area contributed by atoms with E-state index in [1.807, 2.05) is 30.6 Å². The number of anilines is 1. The van der Waals surface area contributed by atoms with Crippen LogP contribution in [0.5, 0.6) is 0 Å². The van der Waals surface area contributed by atoms with Gasteiger partial charge in [-0.3, -0.25) is 4.68 Å². The van der Waals surface area contributed by atoms with E-state index in [1.165, 1.54) is 0 Å². The molecule has 21 heavy (non-hydrogen) atoms. The third-order valence-electron chi connectivity index (χ3n) is 3.12. The lowest BCUT2D eigenvalue weighted by Gasteiger charge is -2.08. The monoisotopic (exact) mass is 304 g/mol. The van der Waals surface area contributed by atoms with Gasteiger partial charge in [0, 0.05) is 13.1 Å². The Morgan fingerprint density at radius 3 is 3.00 bits per heavy atom. The van der Waals surface area contributed by atoms with Crippen molar-refractivity contribution in [2.45, 2.75) is 13.1 Å². The fourth-order valence-corrected chi connectivity index (χ4v) is 2.70. The van der Waals surface area contributed by atoms with Crippen LogP contribution in [0.3, 0.4) is 0 Å². The normalized spacial score (nSPS) is 11.0. The zero-order valence-electron chi connectivity index (χ0n) is 11.6. The summed E-state index contributed by atoms with van der Waals surface area (Å²) in [5, 5.41) is 26.8. The van der Waals surface area contributed by atoms with Gasteiger partial charge >= 0.3 is 0 Å². The van der Waals surface area contributed by atoms with Crippen molar-refractivity contribution in [3.05, 3.63) is 35.5 Å². The van der Waals surface area contributed by atoms with Crippen LogP contribution in [0.4, 0.5) is 5.82 Å². The van der Waals surface area contributed by atoms with Crippen LogP contribution in [0.2, 0.25) is 0 Å². The number of thiophene rings is 1. The molecule has 0 saturated carbocycles. The Morgan fingerprint density at radius 1 is 1.43 bits per heavy atom. The summed E-state index contributed by atoms with van der Waals surface area (Å²) in [4.78, 5) is 1.11. The molecule has 0 atom stereocenters. The first kappa shape index (κ1) is 13.8. The summed E-state index contributed by atoms with van der Waals surface area (Å²) in [6, 6.07) is 6.02. The lowest BCUT2D eigenvalue weighted by Crippen LogP contribution is -2.11. The van der Waals surface area contributed by atoms with E-state index in [-0.39, 0.29) is 6.61 Å². The lowest BCUT2D eigenvalue weighted by molar-refractivity contribution is 0.270. The molecule has 3 aromatic rings. The van der Waals surface area contributed by atoms with Crippen molar-refractivity contribution in [3.63, 3.8) is 0 Å². The second-order valence-electron chi connectivity index (χ2n) is 4.54. The summed E-state index contributed by atoms with van der Waals surface area (Å²) < 4.78 is 3.50. The quantitative estimate of drug-likeness (QED) is 0.718. The van der Waals surface area contributed by atoms with E-state index < -0.39 is 0 Å². The standard InChI is InChI=1S/C13H16N6OS/c1-18-10(9-15-17-18)8-14-13-7-11(12-3-2-6-21-12)16-19(13)4-5-20/h2-3,6-7,9,14,20H,4-5,8H2,1H3. The number of aliphatic hydroxyl groups excluding tert-OH is 1. The van der Waals surface area contributed by atoms with Crippen molar-refractivity contribution >= 4 is 17.2 Å². The number of hydrogen-bond acceptors (Lipinski definition) is 6. The summed E-state index contributed by atoms with van der Waals surface area (Å²) in [6.07, 6.45) is 1.72. The molecule has 0 bridgehead atoms. The van der Waals surface area contributed by atoms with Crippen molar-refractivity contribution in [2.75, 3.05) is 11.9 Å². The van der Waals surface area contributed by atoms with Gasteiger partial charge < -0.3 is 10.4 Å². The minimum absolute atomic E-state index is 0.0491. The molecule has 0 spiro atoms. The fraction of sp³-hybridized carbons (Fsp3) is 0.308. The van der Waals surface area contributed by atoms with E-state index in [0.29, 0.717) is 13.1 Å². The van der Waals surface area contributed by atoms with Crippen LogP contribution in [-0.2, 0) is 20.1 Å². The highest BCUT2D eigenvalue weighted by Gasteiger charge is 2.10. The van der Waals surface area contributed by atoms with Gasteiger partial charge in [0.05, 0.1) is 36.5 Å². The van der Waals surface area contributed by atoms with Gasteiger partial charge in [0.2, 0.25) is 0 Å². The molecule has 0 fully saturated rings. The molecule has 0 aromatic carbocycles. The van der Waals surface area contributed by atoms with Gasteiger partial charge in [-0.15, -0.1) is 16.4 Å². The Balaban J connectivity index is 1.81. The number of rotatable bonds is 6. The first-order valence-electron chi connectivity index (χ1n) is 6.58. The molecule has 0 unspecified atom stereocenters. The molecule has 7 nitrogen and oxygen atoms in total. The summed E-state index contributed by atoms with van der Waals surface area (Å²) in [5.41, 5.74) is 1.88. The van der Waals surface area contributed by atoms with E-state index in [2.05, 4.69) is 20.7 Å². The van der Waals surface area contributed by atoms with Crippen molar-refractivity contribution in [2.24, 2.45) is 7.05 Å². The maximum absolute atomic E-state index is 9.17. The SMILES string of the molecule is Cn1nncc1CNc1cc(-c2cccs2)nn1CCO. The second kappa shape index (κ2) is 6.06. The molecular formula is C13H16N6OS. The molecule has 0 radical (unpaired) electrons. The van der Waals surface area contributed by atoms with E-state index >= 15 is 0 Å². The molecule has 8 heteroatoms. The zero-order chi connectivity index (χ0) is 14.7. The van der Waals surface area contributed by atoms with E-state index in [1.54, 1.807) is 26.9 Å². The maximum Gasteiger partial charge on any atom is 0.125 e.